The van der Waals surface area contributed by atoms with E-state index in [1.807, 2.05) is 42.2 Å². The van der Waals surface area contributed by atoms with E-state index in [9.17, 15) is 4.79 Å². The van der Waals surface area contributed by atoms with Crippen molar-refractivity contribution < 1.29 is 4.79 Å². The van der Waals surface area contributed by atoms with E-state index >= 15 is 0 Å². The largest absolute Gasteiger partial charge is 0.337 e. The number of carbonyl (C=O) groups excluding carboxylic acids is 1. The monoisotopic (exact) mass is 373 g/mol. The lowest BCUT2D eigenvalue weighted by Gasteiger charge is -2.16. The number of aromatic nitrogens is 3. The van der Waals surface area contributed by atoms with Gasteiger partial charge in [0.2, 0.25) is 0 Å². The maximum atomic E-state index is 13.0. The zero-order chi connectivity index (χ0) is 19.1. The summed E-state index contributed by atoms with van der Waals surface area (Å²) in [4.78, 5) is 14.9. The molecular formula is C22H23N5O. The Morgan fingerprint density at radius 1 is 0.964 bits per heavy atom. The number of carbonyl (C=O) groups is 1. The Morgan fingerprint density at radius 3 is 2.29 bits per heavy atom. The van der Waals surface area contributed by atoms with Crippen molar-refractivity contribution >= 4 is 5.91 Å². The summed E-state index contributed by atoms with van der Waals surface area (Å²) in [5.74, 6) is 1.15. The van der Waals surface area contributed by atoms with Crippen molar-refractivity contribution in [2.24, 2.45) is 11.8 Å². The van der Waals surface area contributed by atoms with E-state index in [2.05, 4.69) is 39.9 Å². The van der Waals surface area contributed by atoms with E-state index in [0.29, 0.717) is 17.5 Å². The summed E-state index contributed by atoms with van der Waals surface area (Å²) in [5.41, 5.74) is 4.48. The molecule has 2 saturated heterocycles. The van der Waals surface area contributed by atoms with E-state index in [-0.39, 0.29) is 5.91 Å². The zero-order valence-electron chi connectivity index (χ0n) is 15.9. The van der Waals surface area contributed by atoms with Crippen LogP contribution in [0.3, 0.4) is 0 Å². The number of benzene rings is 2. The van der Waals surface area contributed by atoms with Crippen molar-refractivity contribution in [2.45, 2.75) is 6.92 Å². The highest BCUT2D eigenvalue weighted by Crippen LogP contribution is 2.28. The summed E-state index contributed by atoms with van der Waals surface area (Å²) in [5, 5.41) is 11.9. The molecule has 0 bridgehead atoms. The molecule has 2 aromatic carbocycles. The Kier molecular flexibility index (Phi) is 4.20. The van der Waals surface area contributed by atoms with Crippen molar-refractivity contribution in [3.05, 3.63) is 66.0 Å². The van der Waals surface area contributed by atoms with E-state index < -0.39 is 0 Å². The van der Waals surface area contributed by atoms with Crippen LogP contribution in [0, 0.1) is 18.8 Å². The van der Waals surface area contributed by atoms with Gasteiger partial charge in [0, 0.05) is 26.2 Å². The minimum Gasteiger partial charge on any atom is -0.337 e. The molecule has 1 amide bonds. The highest BCUT2D eigenvalue weighted by atomic mass is 16.2. The highest BCUT2D eigenvalue weighted by molar-refractivity contribution is 5.93. The molecule has 6 nitrogen and oxygen atoms in total. The van der Waals surface area contributed by atoms with Gasteiger partial charge < -0.3 is 10.2 Å². The van der Waals surface area contributed by atoms with Crippen LogP contribution in [0.1, 0.15) is 16.2 Å². The Balaban J connectivity index is 1.37. The quantitative estimate of drug-likeness (QED) is 0.766. The van der Waals surface area contributed by atoms with Gasteiger partial charge >= 0.3 is 0 Å². The van der Waals surface area contributed by atoms with E-state index in [0.717, 1.165) is 43.1 Å². The third kappa shape index (κ3) is 2.90. The molecule has 3 aromatic rings. The van der Waals surface area contributed by atoms with Gasteiger partial charge in [-0.05, 0) is 42.0 Å². The van der Waals surface area contributed by atoms with Gasteiger partial charge in [-0.15, -0.1) is 5.10 Å². The van der Waals surface area contributed by atoms with E-state index in [1.54, 1.807) is 4.68 Å². The summed E-state index contributed by atoms with van der Waals surface area (Å²) in [6.45, 7) is 5.56. The van der Waals surface area contributed by atoms with Crippen molar-refractivity contribution in [2.75, 3.05) is 26.2 Å². The molecule has 0 saturated carbocycles. The van der Waals surface area contributed by atoms with Gasteiger partial charge in [0.05, 0.1) is 11.4 Å². The molecule has 0 unspecified atom stereocenters. The molecule has 2 atom stereocenters. The number of amides is 1. The Hall–Kier alpha value is -2.99. The topological polar surface area (TPSA) is 63.1 Å². The van der Waals surface area contributed by atoms with Crippen molar-refractivity contribution in [1.82, 2.24) is 25.2 Å². The highest BCUT2D eigenvalue weighted by Gasteiger charge is 2.39. The van der Waals surface area contributed by atoms with Gasteiger partial charge in [-0.2, -0.15) is 0 Å². The molecular weight excluding hydrogens is 350 g/mol. The number of rotatable bonds is 3. The smallest absolute Gasteiger partial charge is 0.276 e. The second kappa shape index (κ2) is 6.87. The predicted molar refractivity (Wildman–Crippen MR) is 107 cm³/mol. The molecule has 6 heteroatoms. The number of nitrogens with zero attached hydrogens (tertiary/aromatic N) is 4. The molecule has 5 rings (SSSR count). The van der Waals surface area contributed by atoms with Crippen LogP contribution in [-0.2, 0) is 0 Å². The van der Waals surface area contributed by atoms with Crippen LogP contribution >= 0.6 is 0 Å². The summed E-state index contributed by atoms with van der Waals surface area (Å²) < 4.78 is 1.75. The minimum atomic E-state index is -0.000874. The second-order valence-electron chi connectivity index (χ2n) is 7.74. The average Bonchev–Trinajstić information content (AvgIpc) is 3.43. The molecule has 142 valence electrons. The second-order valence-corrected chi connectivity index (χ2v) is 7.74. The SMILES string of the molecule is Cc1c(C(=O)N2C[C@H]3CNC[C@H]3C2)nnn1-c1ccc(-c2ccccc2)cc1. The van der Waals surface area contributed by atoms with Crippen LogP contribution < -0.4 is 5.32 Å². The Morgan fingerprint density at radius 2 is 1.61 bits per heavy atom. The first-order valence-electron chi connectivity index (χ1n) is 9.79. The van der Waals surface area contributed by atoms with Crippen LogP contribution in [0.25, 0.3) is 16.8 Å². The molecule has 2 aliphatic heterocycles. The fourth-order valence-corrected chi connectivity index (χ4v) is 4.37. The van der Waals surface area contributed by atoms with Crippen molar-refractivity contribution in [1.29, 1.82) is 0 Å². The first-order chi connectivity index (χ1) is 13.7. The summed E-state index contributed by atoms with van der Waals surface area (Å²) in [6.07, 6.45) is 0. The molecule has 0 aliphatic carbocycles. The fraction of sp³-hybridized carbons (Fsp3) is 0.318. The molecule has 2 fully saturated rings. The fourth-order valence-electron chi connectivity index (χ4n) is 4.37. The number of likely N-dealkylation sites (tertiary alicyclic amines) is 1. The minimum absolute atomic E-state index is 0.000874. The summed E-state index contributed by atoms with van der Waals surface area (Å²) in [7, 11) is 0. The van der Waals surface area contributed by atoms with Crippen LogP contribution in [-0.4, -0.2) is 52.0 Å². The van der Waals surface area contributed by atoms with Crippen LogP contribution in [0.15, 0.2) is 54.6 Å². The van der Waals surface area contributed by atoms with Gasteiger partial charge in [0.25, 0.3) is 5.91 Å². The van der Waals surface area contributed by atoms with Gasteiger partial charge in [0.15, 0.2) is 5.69 Å². The molecule has 2 aliphatic rings. The van der Waals surface area contributed by atoms with Crippen LogP contribution in [0.4, 0.5) is 0 Å². The van der Waals surface area contributed by atoms with E-state index in [4.69, 9.17) is 0 Å². The first-order valence-corrected chi connectivity index (χ1v) is 9.79. The van der Waals surface area contributed by atoms with Gasteiger partial charge in [0.1, 0.15) is 0 Å². The van der Waals surface area contributed by atoms with Crippen molar-refractivity contribution in [3.8, 4) is 16.8 Å². The summed E-state index contributed by atoms with van der Waals surface area (Å²) >= 11 is 0. The molecule has 1 aromatic heterocycles. The van der Waals surface area contributed by atoms with Gasteiger partial charge in [-0.3, -0.25) is 4.79 Å². The standard InChI is InChI=1S/C22H23N5O/c1-15-21(22(28)26-13-18-11-23-12-19(18)14-26)24-25-27(15)20-9-7-17(8-10-20)16-5-3-2-4-6-16/h2-10,18-19,23H,11-14H2,1H3/t18-,19+. The lowest BCUT2D eigenvalue weighted by molar-refractivity contribution is 0.0775. The third-order valence-electron chi connectivity index (χ3n) is 5.99. The van der Waals surface area contributed by atoms with Crippen LogP contribution in [0.2, 0.25) is 0 Å². The summed E-state index contributed by atoms with van der Waals surface area (Å²) in [6, 6.07) is 18.4. The maximum Gasteiger partial charge on any atom is 0.276 e. The van der Waals surface area contributed by atoms with Crippen molar-refractivity contribution in [3.63, 3.8) is 0 Å². The van der Waals surface area contributed by atoms with Gasteiger partial charge in [-0.1, -0.05) is 47.7 Å². The predicted octanol–water partition coefficient (Wildman–Crippen LogP) is 2.53. The van der Waals surface area contributed by atoms with Gasteiger partial charge in [-0.25, -0.2) is 4.68 Å². The average molecular weight is 373 g/mol. The zero-order valence-corrected chi connectivity index (χ0v) is 15.9. The third-order valence-corrected chi connectivity index (χ3v) is 5.99. The lowest BCUT2D eigenvalue weighted by atomic mass is 10.0. The lowest BCUT2D eigenvalue weighted by Crippen LogP contribution is -2.32. The normalized spacial score (nSPS) is 21.1. The first kappa shape index (κ1) is 17.1. The number of hydrogen-bond acceptors (Lipinski definition) is 4. The number of nitrogens with one attached hydrogen (secondary N) is 1. The van der Waals surface area contributed by atoms with E-state index in [1.165, 1.54) is 5.56 Å². The maximum absolute atomic E-state index is 13.0. The van der Waals surface area contributed by atoms with Crippen LogP contribution in [0.5, 0.6) is 0 Å². The molecule has 28 heavy (non-hydrogen) atoms. The number of hydrogen-bond donors (Lipinski definition) is 1. The Bertz CT molecular complexity index is 984. The molecule has 0 radical (unpaired) electrons. The molecule has 3 heterocycles. The Labute approximate surface area is 164 Å². The number of fused-ring (bicyclic) bond motifs is 1. The molecule has 0 spiro atoms. The molecule has 1 N–H and O–H groups in total.